The van der Waals surface area contributed by atoms with Crippen LogP contribution in [0.5, 0.6) is 0 Å². The van der Waals surface area contributed by atoms with Crippen molar-refractivity contribution in [1.29, 1.82) is 0 Å². The van der Waals surface area contributed by atoms with Gasteiger partial charge in [-0.3, -0.25) is 0 Å². The van der Waals surface area contributed by atoms with Crippen LogP contribution in [-0.2, 0) is 23.9 Å². The van der Waals surface area contributed by atoms with Crippen LogP contribution in [0.4, 0.5) is 0 Å². The van der Waals surface area contributed by atoms with Crippen molar-refractivity contribution in [3.05, 3.63) is 64.7 Å². The van der Waals surface area contributed by atoms with Gasteiger partial charge in [0.05, 0.1) is 4.90 Å². The molecule has 0 radical (unpaired) electrons. The highest BCUT2D eigenvalue weighted by Gasteiger charge is 2.34. The normalized spacial score (nSPS) is 23.2. The Morgan fingerprint density at radius 3 is 2.20 bits per heavy atom. The van der Waals surface area contributed by atoms with Crippen molar-refractivity contribution in [1.82, 2.24) is 4.31 Å². The lowest BCUT2D eigenvalue weighted by Gasteiger charge is -2.34. The van der Waals surface area contributed by atoms with E-state index in [2.05, 4.69) is 14.8 Å². The van der Waals surface area contributed by atoms with E-state index < -0.39 is 24.6 Å². The second-order valence-corrected chi connectivity index (χ2v) is 12.0. The second kappa shape index (κ2) is 9.81. The highest BCUT2D eigenvalue weighted by molar-refractivity contribution is 7.89. The Morgan fingerprint density at radius 2 is 1.60 bits per heavy atom. The Morgan fingerprint density at radius 1 is 1.00 bits per heavy atom. The van der Waals surface area contributed by atoms with Gasteiger partial charge in [-0.15, -0.1) is 0 Å². The number of oxime groups is 2. The lowest BCUT2D eigenvalue weighted by Crippen LogP contribution is -2.42. The maximum Gasteiger partial charge on any atom is 0.472 e. The fourth-order valence-electron chi connectivity index (χ4n) is 4.61. The van der Waals surface area contributed by atoms with E-state index in [1.807, 2.05) is 13.8 Å². The monoisotopic (exact) mass is 523 g/mol. The summed E-state index contributed by atoms with van der Waals surface area (Å²) in [6, 6.07) is 11.3. The molecule has 2 unspecified atom stereocenters. The molecule has 35 heavy (non-hydrogen) atoms. The van der Waals surface area contributed by atoms with Crippen molar-refractivity contribution in [3.63, 3.8) is 0 Å². The minimum Gasteiger partial charge on any atom is -0.410 e. The zero-order chi connectivity index (χ0) is 25.4. The molecule has 0 aromatic heterocycles. The molecule has 11 nitrogen and oxygen atoms in total. The Kier molecular flexibility index (Phi) is 7.14. The Labute approximate surface area is 203 Å². The summed E-state index contributed by atoms with van der Waals surface area (Å²) in [4.78, 5) is 22.8. The molecule has 1 aliphatic heterocycles. The third-order valence-corrected chi connectivity index (χ3v) is 8.21. The van der Waals surface area contributed by atoms with Gasteiger partial charge in [0.25, 0.3) is 0 Å². The van der Waals surface area contributed by atoms with Crippen molar-refractivity contribution in [2.75, 3.05) is 19.9 Å². The van der Waals surface area contributed by atoms with Gasteiger partial charge in [-0.05, 0) is 30.4 Å². The summed E-state index contributed by atoms with van der Waals surface area (Å²) in [5.41, 5.74) is 2.18. The first-order valence-electron chi connectivity index (χ1n) is 10.9. The van der Waals surface area contributed by atoms with E-state index >= 15 is 0 Å². The first-order chi connectivity index (χ1) is 16.5. The number of phosphoric ester groups is 1. The molecule has 2 atom stereocenters. The van der Waals surface area contributed by atoms with Crippen LogP contribution < -0.4 is 0 Å². The lowest BCUT2D eigenvalue weighted by molar-refractivity contribution is 0.00129. The maximum atomic E-state index is 13.5. The van der Waals surface area contributed by atoms with Crippen LogP contribution in [-0.4, -0.2) is 59.0 Å². The number of fused-ring (bicyclic) bond motifs is 2. The minimum absolute atomic E-state index is 0.0494. The molecule has 2 aromatic carbocycles. The quantitative estimate of drug-likeness (QED) is 0.146. The third-order valence-electron chi connectivity index (χ3n) is 5.94. The third kappa shape index (κ3) is 5.32. The van der Waals surface area contributed by atoms with Gasteiger partial charge in [0.2, 0.25) is 16.8 Å². The van der Waals surface area contributed by atoms with Crippen molar-refractivity contribution >= 4 is 29.3 Å². The molecule has 13 heteroatoms. The van der Waals surface area contributed by atoms with Crippen molar-refractivity contribution in [3.8, 4) is 0 Å². The highest BCUT2D eigenvalue weighted by atomic mass is 32.2. The van der Waals surface area contributed by atoms with Crippen LogP contribution in [0.3, 0.4) is 0 Å². The number of sulfonamides is 1. The van der Waals surface area contributed by atoms with Gasteiger partial charge >= 0.3 is 7.82 Å². The van der Waals surface area contributed by atoms with Crippen molar-refractivity contribution < 1.29 is 37.3 Å². The summed E-state index contributed by atoms with van der Waals surface area (Å²) in [7, 11) is -8.59. The molecule has 3 N–H and O–H groups in total. The number of nitrogens with zero attached hydrogens (tertiary/aromatic N) is 3. The van der Waals surface area contributed by atoms with E-state index in [0.29, 0.717) is 35.3 Å². The lowest BCUT2D eigenvalue weighted by atomic mass is 9.83. The average Bonchev–Trinajstić information content (AvgIpc) is 2.79. The van der Waals surface area contributed by atoms with Gasteiger partial charge in [0.1, 0.15) is 11.4 Å². The first kappa shape index (κ1) is 25.5. The topological polar surface area (TPSA) is 158 Å². The van der Waals surface area contributed by atoms with Gasteiger partial charge in [-0.25, -0.2) is 17.5 Å². The first-order valence-corrected chi connectivity index (χ1v) is 13.8. The zero-order valence-electron chi connectivity index (χ0n) is 19.1. The number of piperidine rings is 1. The predicted octanol–water partition coefficient (Wildman–Crippen LogP) is 2.73. The molecule has 0 amide bonds. The van der Waals surface area contributed by atoms with Crippen molar-refractivity contribution in [2.24, 2.45) is 22.1 Å². The molecule has 188 valence electrons. The molecule has 1 fully saturated rings. The summed E-state index contributed by atoms with van der Waals surface area (Å²) < 4.78 is 43.7. The molecule has 0 saturated carbocycles. The summed E-state index contributed by atoms with van der Waals surface area (Å²) in [5.74, 6) is 0.455. The van der Waals surface area contributed by atoms with Crippen molar-refractivity contribution in [2.45, 2.75) is 25.2 Å². The number of rotatable bonds is 6. The van der Waals surface area contributed by atoms with Crippen LogP contribution in [0.2, 0.25) is 0 Å². The van der Waals surface area contributed by atoms with Gasteiger partial charge in [-0.1, -0.05) is 54.5 Å². The molecule has 1 saturated heterocycles. The second-order valence-electron chi connectivity index (χ2n) is 8.78. The molecular weight excluding hydrogens is 497 g/mol. The summed E-state index contributed by atoms with van der Waals surface area (Å²) in [5, 5.41) is 17.2. The number of phosphoric acid groups is 1. The van der Waals surface area contributed by atoms with Crippen LogP contribution in [0.15, 0.2) is 57.7 Å². The van der Waals surface area contributed by atoms with E-state index in [4.69, 9.17) is 14.6 Å². The smallest absolute Gasteiger partial charge is 0.410 e. The molecule has 0 bridgehead atoms. The standard InChI is InChI=1S/C22H26N3O8PS/c1-14-9-15(2)12-25(11-14)35(30,31)16-7-8-19-20(10-16)22(24-32-13-33-34(27,28)29)18-6-4-3-5-17(18)21(19)23-26/h3-8,10,14-15,26H,9,11-13H2,1-2H3,(H2,27,28,29)/b23-21-,24-22+. The van der Waals surface area contributed by atoms with Crippen LogP contribution >= 0.6 is 7.82 Å². The zero-order valence-corrected chi connectivity index (χ0v) is 20.8. The fourth-order valence-corrected chi connectivity index (χ4v) is 6.50. The van der Waals surface area contributed by atoms with Gasteiger partial charge in [0.15, 0.2) is 0 Å². The largest absolute Gasteiger partial charge is 0.472 e. The predicted molar refractivity (Wildman–Crippen MR) is 127 cm³/mol. The summed E-state index contributed by atoms with van der Waals surface area (Å²) in [6.45, 7) is 4.05. The van der Waals surface area contributed by atoms with E-state index in [1.165, 1.54) is 16.4 Å². The van der Waals surface area contributed by atoms with E-state index in [9.17, 15) is 18.2 Å². The van der Waals surface area contributed by atoms with E-state index in [0.717, 1.165) is 6.42 Å². The highest BCUT2D eigenvalue weighted by Crippen LogP contribution is 2.36. The van der Waals surface area contributed by atoms with Crippen LogP contribution in [0.25, 0.3) is 0 Å². The van der Waals surface area contributed by atoms with E-state index in [1.54, 1.807) is 30.3 Å². The summed E-state index contributed by atoms with van der Waals surface area (Å²) in [6.07, 6.45) is 0.953. The van der Waals surface area contributed by atoms with Crippen LogP contribution in [0, 0.1) is 11.8 Å². The Balaban J connectivity index is 1.79. The maximum absolute atomic E-state index is 13.5. The van der Waals surface area contributed by atoms with Crippen LogP contribution in [0.1, 0.15) is 42.5 Å². The number of benzene rings is 2. The summed E-state index contributed by atoms with van der Waals surface area (Å²) >= 11 is 0. The molecule has 2 aromatic rings. The van der Waals surface area contributed by atoms with Gasteiger partial charge < -0.3 is 19.8 Å². The number of hydrogen-bond acceptors (Lipinski definition) is 8. The minimum atomic E-state index is -4.77. The average molecular weight is 524 g/mol. The Bertz CT molecular complexity index is 1330. The SMILES string of the molecule is CC1CC(C)CN(S(=O)(=O)c2ccc3c(c2)/C(=N/OCOP(=O)(O)O)c2ccccc2/C3=N/O)C1. The number of hydrogen-bond donors (Lipinski definition) is 3. The fraction of sp³-hybridized carbons (Fsp3) is 0.364. The molecular formula is C22H26N3O8PS. The van der Waals surface area contributed by atoms with Gasteiger partial charge in [-0.2, -0.15) is 4.31 Å². The molecule has 1 aliphatic carbocycles. The molecule has 1 heterocycles. The molecule has 0 spiro atoms. The molecule has 4 rings (SSSR count). The van der Waals surface area contributed by atoms with E-state index in [-0.39, 0.29) is 28.2 Å². The van der Waals surface area contributed by atoms with Gasteiger partial charge in [0, 0.05) is 35.3 Å². The Hall–Kier alpha value is -2.60. The molecule has 2 aliphatic rings.